The van der Waals surface area contributed by atoms with Crippen molar-refractivity contribution in [3.8, 4) is 0 Å². The van der Waals surface area contributed by atoms with Gasteiger partial charge in [-0.25, -0.2) is 9.98 Å². The normalized spacial score (nSPS) is 11.7. The number of benzene rings is 2. The van der Waals surface area contributed by atoms with Gasteiger partial charge in [0, 0.05) is 21.4 Å². The molecule has 4 rings (SSSR count). The Morgan fingerprint density at radius 1 is 1.15 bits per heavy atom. The van der Waals surface area contributed by atoms with Crippen LogP contribution in [0.5, 0.6) is 0 Å². The summed E-state index contributed by atoms with van der Waals surface area (Å²) in [5, 5.41) is 5.93. The second-order valence-corrected chi connectivity index (χ2v) is 7.19. The average molecular weight is 426 g/mol. The zero-order valence-electron chi connectivity index (χ0n) is 13.3. The van der Waals surface area contributed by atoms with Gasteiger partial charge in [-0.1, -0.05) is 34.1 Å². The van der Waals surface area contributed by atoms with E-state index in [-0.39, 0.29) is 11.5 Å². The molecule has 0 saturated heterocycles. The Bertz CT molecular complexity index is 1140. The van der Waals surface area contributed by atoms with E-state index in [1.807, 2.05) is 48.5 Å². The highest BCUT2D eigenvalue weighted by atomic mass is 79.9. The molecule has 0 bridgehead atoms. The Labute approximate surface area is 161 Å². The summed E-state index contributed by atoms with van der Waals surface area (Å²) in [6.45, 7) is 0. The lowest BCUT2D eigenvalue weighted by Gasteiger charge is -2.05. The van der Waals surface area contributed by atoms with Gasteiger partial charge in [-0.05, 0) is 36.4 Å². The zero-order chi connectivity index (χ0) is 17.9. The number of hydrogen-bond donors (Lipinski definition) is 1. The van der Waals surface area contributed by atoms with Crippen molar-refractivity contribution in [1.29, 1.82) is 0 Å². The van der Waals surface area contributed by atoms with Gasteiger partial charge in [-0.3, -0.25) is 10.1 Å². The van der Waals surface area contributed by atoms with Crippen molar-refractivity contribution in [1.82, 2.24) is 4.98 Å². The molecule has 1 amide bonds. The first-order chi connectivity index (χ1) is 12.7. The van der Waals surface area contributed by atoms with Gasteiger partial charge in [-0.2, -0.15) is 0 Å². The molecule has 0 fully saturated rings. The van der Waals surface area contributed by atoms with Crippen LogP contribution in [-0.4, -0.2) is 10.9 Å². The van der Waals surface area contributed by atoms with Crippen molar-refractivity contribution in [3.05, 3.63) is 81.8 Å². The molecule has 0 aliphatic heterocycles. The molecule has 0 aliphatic rings. The van der Waals surface area contributed by atoms with Crippen molar-refractivity contribution in [2.24, 2.45) is 4.99 Å². The summed E-state index contributed by atoms with van der Waals surface area (Å²) in [4.78, 5) is 21.4. The first-order valence-corrected chi connectivity index (χ1v) is 9.40. The number of halogens is 1. The highest BCUT2D eigenvalue weighted by Crippen LogP contribution is 2.19. The number of para-hydroxylation sites is 1. The number of nitrogens with zero attached hydrogens (tertiary/aromatic N) is 2. The zero-order valence-corrected chi connectivity index (χ0v) is 15.8. The third kappa shape index (κ3) is 3.58. The molecule has 0 saturated carbocycles. The molecular formula is C19H12BrN3O2S. The summed E-state index contributed by atoms with van der Waals surface area (Å²) in [5.41, 5.74) is 1.95. The Morgan fingerprint density at radius 2 is 1.96 bits per heavy atom. The summed E-state index contributed by atoms with van der Waals surface area (Å²) in [6, 6.07) is 16.7. The number of amides is 1. The van der Waals surface area contributed by atoms with Crippen LogP contribution in [0.4, 0.5) is 10.8 Å². The first kappa shape index (κ1) is 16.7. The Hall–Kier alpha value is -2.77. The average Bonchev–Trinajstić information content (AvgIpc) is 3.16. The van der Waals surface area contributed by atoms with Gasteiger partial charge in [0.05, 0.1) is 5.69 Å². The largest absolute Gasteiger partial charge is 0.438 e. The molecule has 2 aromatic carbocycles. The minimum absolute atomic E-state index is 0.250. The standard InChI is InChI=1S/C19H12BrN3O2S/c20-13-5-7-14(8-6-13)22-18-15(17(24)23-19-21-9-10-26-19)11-12-3-1-2-4-16(12)25-18/h1-11H,(H,21,23,24). The number of anilines is 1. The molecule has 0 atom stereocenters. The number of fused-ring (bicyclic) bond motifs is 1. The molecule has 0 aliphatic carbocycles. The van der Waals surface area contributed by atoms with E-state index in [9.17, 15) is 4.79 Å². The predicted octanol–water partition coefficient (Wildman–Crippen LogP) is 5.14. The van der Waals surface area contributed by atoms with E-state index in [1.165, 1.54) is 11.3 Å². The molecule has 128 valence electrons. The van der Waals surface area contributed by atoms with Gasteiger partial charge in [0.15, 0.2) is 5.13 Å². The number of carbonyl (C=O) groups excluding carboxylic acids is 1. The summed E-state index contributed by atoms with van der Waals surface area (Å²) >= 11 is 4.75. The van der Waals surface area contributed by atoms with Crippen LogP contribution in [0.15, 0.2) is 80.1 Å². The van der Waals surface area contributed by atoms with Crippen molar-refractivity contribution in [2.75, 3.05) is 5.32 Å². The van der Waals surface area contributed by atoms with Gasteiger partial charge >= 0.3 is 0 Å². The maximum atomic E-state index is 12.7. The van der Waals surface area contributed by atoms with E-state index in [4.69, 9.17) is 4.42 Å². The molecule has 0 spiro atoms. The van der Waals surface area contributed by atoms with Crippen LogP contribution >= 0.6 is 27.3 Å². The smallest absolute Gasteiger partial charge is 0.262 e. The fourth-order valence-electron chi connectivity index (χ4n) is 2.40. The van der Waals surface area contributed by atoms with E-state index < -0.39 is 0 Å². The van der Waals surface area contributed by atoms with Crippen LogP contribution < -0.4 is 10.9 Å². The number of carbonyl (C=O) groups is 1. The quantitative estimate of drug-likeness (QED) is 0.494. The lowest BCUT2D eigenvalue weighted by molar-refractivity contribution is 0.102. The number of aromatic nitrogens is 1. The minimum atomic E-state index is -0.315. The van der Waals surface area contributed by atoms with E-state index in [0.29, 0.717) is 22.0 Å². The van der Waals surface area contributed by atoms with Crippen LogP contribution in [0.2, 0.25) is 0 Å². The summed E-state index contributed by atoms with van der Waals surface area (Å²) in [5.74, 6) is -0.315. The van der Waals surface area contributed by atoms with Gasteiger partial charge in [0.1, 0.15) is 11.1 Å². The van der Waals surface area contributed by atoms with Crippen LogP contribution in [0.1, 0.15) is 10.4 Å². The maximum Gasteiger partial charge on any atom is 0.262 e. The first-order valence-electron chi connectivity index (χ1n) is 7.73. The van der Waals surface area contributed by atoms with Crippen LogP contribution in [0.3, 0.4) is 0 Å². The Morgan fingerprint density at radius 3 is 2.73 bits per heavy atom. The molecule has 4 aromatic rings. The molecule has 2 aromatic heterocycles. The molecular weight excluding hydrogens is 414 g/mol. The summed E-state index contributed by atoms with van der Waals surface area (Å²) in [6.07, 6.45) is 1.64. The molecule has 1 N–H and O–H groups in total. The predicted molar refractivity (Wildman–Crippen MR) is 106 cm³/mol. The number of hydrogen-bond acceptors (Lipinski definition) is 5. The Balaban J connectivity index is 1.86. The monoisotopic (exact) mass is 425 g/mol. The number of thiazole rings is 1. The Kier molecular flexibility index (Phi) is 4.64. The van der Waals surface area contributed by atoms with E-state index >= 15 is 0 Å². The fourth-order valence-corrected chi connectivity index (χ4v) is 3.19. The third-order valence-corrected chi connectivity index (χ3v) is 4.83. The maximum absolute atomic E-state index is 12.7. The minimum Gasteiger partial charge on any atom is -0.438 e. The molecule has 2 heterocycles. The van der Waals surface area contributed by atoms with Crippen molar-refractivity contribution in [2.45, 2.75) is 0 Å². The summed E-state index contributed by atoms with van der Waals surface area (Å²) in [7, 11) is 0. The van der Waals surface area contributed by atoms with E-state index in [2.05, 4.69) is 31.2 Å². The van der Waals surface area contributed by atoms with Gasteiger partial charge in [0.25, 0.3) is 5.91 Å². The fraction of sp³-hybridized carbons (Fsp3) is 0. The highest BCUT2D eigenvalue weighted by molar-refractivity contribution is 9.10. The van der Waals surface area contributed by atoms with Gasteiger partial charge < -0.3 is 4.42 Å². The van der Waals surface area contributed by atoms with Crippen molar-refractivity contribution >= 4 is 55.0 Å². The lowest BCUT2D eigenvalue weighted by atomic mass is 10.2. The highest BCUT2D eigenvalue weighted by Gasteiger charge is 2.14. The van der Waals surface area contributed by atoms with E-state index in [1.54, 1.807) is 17.6 Å². The number of rotatable bonds is 3. The van der Waals surface area contributed by atoms with E-state index in [0.717, 1.165) is 9.86 Å². The molecule has 5 nitrogen and oxygen atoms in total. The second-order valence-electron chi connectivity index (χ2n) is 5.38. The van der Waals surface area contributed by atoms with Crippen LogP contribution in [0.25, 0.3) is 11.0 Å². The van der Waals surface area contributed by atoms with Crippen molar-refractivity contribution < 1.29 is 9.21 Å². The van der Waals surface area contributed by atoms with Crippen LogP contribution in [-0.2, 0) is 0 Å². The molecule has 0 unspecified atom stereocenters. The molecule has 7 heteroatoms. The molecule has 0 radical (unpaired) electrons. The topological polar surface area (TPSA) is 67.5 Å². The second kappa shape index (κ2) is 7.23. The van der Waals surface area contributed by atoms with Gasteiger partial charge in [0.2, 0.25) is 5.55 Å². The van der Waals surface area contributed by atoms with Gasteiger partial charge in [-0.15, -0.1) is 11.3 Å². The number of nitrogens with one attached hydrogen (secondary N) is 1. The SMILES string of the molecule is O=C(Nc1nccs1)c1cc2ccccc2oc1=Nc1ccc(Br)cc1. The summed E-state index contributed by atoms with van der Waals surface area (Å²) < 4.78 is 6.86. The van der Waals surface area contributed by atoms with Crippen LogP contribution in [0, 0.1) is 0 Å². The van der Waals surface area contributed by atoms with Crippen molar-refractivity contribution in [3.63, 3.8) is 0 Å². The molecule has 26 heavy (non-hydrogen) atoms. The lowest BCUT2D eigenvalue weighted by Crippen LogP contribution is -2.21. The third-order valence-electron chi connectivity index (χ3n) is 3.61.